The van der Waals surface area contributed by atoms with E-state index < -0.39 is 0 Å². The standard InChI is InChI=1S/C4H9N3O2S2/c8-1-5-3(10)7-4(11)6-2-9/h8-9H,1-2H2,(H3,5,6,7,10,11). The van der Waals surface area contributed by atoms with Gasteiger partial charge in [0.2, 0.25) is 0 Å². The van der Waals surface area contributed by atoms with Gasteiger partial charge in [-0.05, 0) is 24.4 Å². The zero-order chi connectivity index (χ0) is 8.69. The number of aliphatic hydroxyl groups excluding tert-OH is 2. The van der Waals surface area contributed by atoms with Crippen LogP contribution in [0, 0.1) is 0 Å². The minimum Gasteiger partial charge on any atom is -0.377 e. The van der Waals surface area contributed by atoms with E-state index in [-0.39, 0.29) is 23.7 Å². The summed E-state index contributed by atoms with van der Waals surface area (Å²) in [5, 5.41) is 24.4. The van der Waals surface area contributed by atoms with Gasteiger partial charge in [-0.2, -0.15) is 0 Å². The van der Waals surface area contributed by atoms with Crippen LogP contribution in [0.3, 0.4) is 0 Å². The quantitative estimate of drug-likeness (QED) is 0.263. The molecule has 0 unspecified atom stereocenters. The molecule has 64 valence electrons. The number of hydrogen-bond donors (Lipinski definition) is 5. The second kappa shape index (κ2) is 6.23. The molecule has 0 aliphatic carbocycles. The normalized spacial score (nSPS) is 8.55. The van der Waals surface area contributed by atoms with Gasteiger partial charge in [-0.1, -0.05) is 0 Å². The van der Waals surface area contributed by atoms with Crippen molar-refractivity contribution in [2.24, 2.45) is 0 Å². The lowest BCUT2D eigenvalue weighted by Gasteiger charge is -2.08. The van der Waals surface area contributed by atoms with Crippen LogP contribution >= 0.6 is 24.4 Å². The summed E-state index contributed by atoms with van der Waals surface area (Å²) in [5.74, 6) is 0. The summed E-state index contributed by atoms with van der Waals surface area (Å²) in [7, 11) is 0. The summed E-state index contributed by atoms with van der Waals surface area (Å²) in [4.78, 5) is 0. The summed E-state index contributed by atoms with van der Waals surface area (Å²) in [6.45, 7) is -0.513. The molecule has 5 N–H and O–H groups in total. The third-order valence-electron chi connectivity index (χ3n) is 0.706. The molecule has 11 heavy (non-hydrogen) atoms. The maximum Gasteiger partial charge on any atom is 0.174 e. The monoisotopic (exact) mass is 195 g/mol. The molecule has 0 bridgehead atoms. The fourth-order valence-electron chi connectivity index (χ4n) is 0.335. The molecule has 0 rings (SSSR count). The lowest BCUT2D eigenvalue weighted by Crippen LogP contribution is -2.44. The molecule has 0 spiro atoms. The Balaban J connectivity index is 3.49. The van der Waals surface area contributed by atoms with Crippen molar-refractivity contribution in [1.82, 2.24) is 16.0 Å². The molecule has 0 radical (unpaired) electrons. The largest absolute Gasteiger partial charge is 0.377 e. The first-order valence-electron chi connectivity index (χ1n) is 2.75. The molecule has 0 atom stereocenters. The predicted molar refractivity (Wildman–Crippen MR) is 48.8 cm³/mol. The predicted octanol–water partition coefficient (Wildman–Crippen LogP) is -1.78. The van der Waals surface area contributed by atoms with Crippen LogP contribution in [0.15, 0.2) is 0 Å². The van der Waals surface area contributed by atoms with Crippen LogP contribution in [0.2, 0.25) is 0 Å². The van der Waals surface area contributed by atoms with E-state index in [1.807, 2.05) is 0 Å². The summed E-state index contributed by atoms with van der Waals surface area (Å²) in [5.41, 5.74) is 0. The van der Waals surface area contributed by atoms with Gasteiger partial charge in [0.1, 0.15) is 13.5 Å². The fourth-order valence-corrected chi connectivity index (χ4v) is 0.733. The van der Waals surface area contributed by atoms with Crippen LogP contribution in [0.4, 0.5) is 0 Å². The first-order chi connectivity index (χ1) is 5.20. The number of aliphatic hydroxyl groups is 2. The molecule has 0 fully saturated rings. The second-order valence-electron chi connectivity index (χ2n) is 1.45. The molecule has 0 amide bonds. The Hall–Kier alpha value is -0.500. The zero-order valence-electron chi connectivity index (χ0n) is 5.63. The van der Waals surface area contributed by atoms with Crippen LogP contribution in [0.25, 0.3) is 0 Å². The van der Waals surface area contributed by atoms with Crippen molar-refractivity contribution in [3.8, 4) is 0 Å². The average Bonchev–Trinajstić information content (AvgIpc) is 1.87. The summed E-state index contributed by atoms with van der Waals surface area (Å²) in [6.07, 6.45) is 0. The molecule has 0 aliphatic heterocycles. The Kier molecular flexibility index (Phi) is 5.94. The van der Waals surface area contributed by atoms with Gasteiger partial charge in [0.15, 0.2) is 10.2 Å². The highest BCUT2D eigenvalue weighted by Crippen LogP contribution is 1.67. The number of nitrogens with one attached hydrogen (secondary N) is 3. The molecule has 7 heteroatoms. The third kappa shape index (κ3) is 5.92. The van der Waals surface area contributed by atoms with Gasteiger partial charge in [-0.3, -0.25) is 0 Å². The van der Waals surface area contributed by atoms with E-state index in [0.29, 0.717) is 0 Å². The topological polar surface area (TPSA) is 76.5 Å². The van der Waals surface area contributed by atoms with Crippen LogP contribution in [-0.2, 0) is 0 Å². The second-order valence-corrected chi connectivity index (χ2v) is 2.27. The van der Waals surface area contributed by atoms with Gasteiger partial charge < -0.3 is 26.2 Å². The van der Waals surface area contributed by atoms with E-state index in [4.69, 9.17) is 10.2 Å². The number of thiocarbonyl (C=S) groups is 2. The molecule has 0 saturated carbocycles. The fraction of sp³-hybridized carbons (Fsp3) is 0.500. The van der Waals surface area contributed by atoms with Crippen LogP contribution < -0.4 is 16.0 Å². The minimum absolute atomic E-state index is 0.207. The Morgan fingerprint density at radius 1 is 1.00 bits per heavy atom. The van der Waals surface area contributed by atoms with Crippen molar-refractivity contribution in [1.29, 1.82) is 0 Å². The van der Waals surface area contributed by atoms with Gasteiger partial charge in [-0.25, -0.2) is 0 Å². The summed E-state index contributed by atoms with van der Waals surface area (Å²) in [6, 6.07) is 0. The Morgan fingerprint density at radius 3 is 1.64 bits per heavy atom. The van der Waals surface area contributed by atoms with Crippen molar-refractivity contribution >= 4 is 34.7 Å². The molecular formula is C4H9N3O2S2. The first-order valence-corrected chi connectivity index (χ1v) is 3.56. The van der Waals surface area contributed by atoms with E-state index >= 15 is 0 Å². The van der Waals surface area contributed by atoms with Crippen molar-refractivity contribution in [2.75, 3.05) is 13.5 Å². The maximum absolute atomic E-state index is 8.33. The third-order valence-corrected chi connectivity index (χ3v) is 1.20. The SMILES string of the molecule is OCNC(=S)NC(=S)NCO. The number of hydrogen-bond acceptors (Lipinski definition) is 4. The summed E-state index contributed by atoms with van der Waals surface area (Å²) < 4.78 is 0. The molecule has 0 saturated heterocycles. The van der Waals surface area contributed by atoms with Gasteiger partial charge in [0.05, 0.1) is 0 Å². The van der Waals surface area contributed by atoms with Crippen molar-refractivity contribution < 1.29 is 10.2 Å². The van der Waals surface area contributed by atoms with Crippen LogP contribution in [0.5, 0.6) is 0 Å². The van der Waals surface area contributed by atoms with Crippen LogP contribution in [0.1, 0.15) is 0 Å². The maximum atomic E-state index is 8.33. The van der Waals surface area contributed by atoms with Gasteiger partial charge >= 0.3 is 0 Å². The molecular weight excluding hydrogens is 186 g/mol. The van der Waals surface area contributed by atoms with E-state index in [1.165, 1.54) is 0 Å². The zero-order valence-corrected chi connectivity index (χ0v) is 7.26. The van der Waals surface area contributed by atoms with Gasteiger partial charge in [0, 0.05) is 0 Å². The van der Waals surface area contributed by atoms with Crippen molar-refractivity contribution in [2.45, 2.75) is 0 Å². The smallest absolute Gasteiger partial charge is 0.174 e. The Labute approximate surface area is 74.8 Å². The van der Waals surface area contributed by atoms with E-state index in [9.17, 15) is 0 Å². The highest BCUT2D eigenvalue weighted by molar-refractivity contribution is 7.81. The Bertz CT molecular complexity index is 136. The van der Waals surface area contributed by atoms with E-state index in [0.717, 1.165) is 0 Å². The average molecular weight is 195 g/mol. The molecule has 5 nitrogen and oxygen atoms in total. The van der Waals surface area contributed by atoms with Crippen molar-refractivity contribution in [3.63, 3.8) is 0 Å². The number of rotatable bonds is 2. The highest BCUT2D eigenvalue weighted by atomic mass is 32.1. The molecule has 0 aliphatic rings. The van der Waals surface area contributed by atoms with E-state index in [1.54, 1.807) is 0 Å². The molecule has 0 aromatic carbocycles. The van der Waals surface area contributed by atoms with Crippen molar-refractivity contribution in [3.05, 3.63) is 0 Å². The van der Waals surface area contributed by atoms with Crippen LogP contribution in [-0.4, -0.2) is 33.9 Å². The highest BCUT2D eigenvalue weighted by Gasteiger charge is 1.95. The molecule has 0 aromatic heterocycles. The molecule has 0 heterocycles. The molecule has 0 aromatic rings. The minimum atomic E-state index is -0.256. The lowest BCUT2D eigenvalue weighted by molar-refractivity contribution is 0.284. The van der Waals surface area contributed by atoms with E-state index in [2.05, 4.69) is 40.4 Å². The summed E-state index contributed by atoms with van der Waals surface area (Å²) >= 11 is 9.30. The lowest BCUT2D eigenvalue weighted by atomic mass is 10.9. The first kappa shape index (κ1) is 10.5. The van der Waals surface area contributed by atoms with Gasteiger partial charge in [0.25, 0.3) is 0 Å². The Morgan fingerprint density at radius 2 is 1.36 bits per heavy atom. The van der Waals surface area contributed by atoms with Gasteiger partial charge in [-0.15, -0.1) is 0 Å².